The fraction of sp³-hybridized carbons (Fsp3) is 0.600. The molecule has 0 aliphatic rings. The second-order valence-electron chi connectivity index (χ2n) is 3.94. The van der Waals surface area contributed by atoms with Gasteiger partial charge in [-0.25, -0.2) is 13.4 Å². The molecule has 0 fully saturated rings. The molecule has 0 spiro atoms. The van der Waals surface area contributed by atoms with Gasteiger partial charge in [-0.05, 0) is 19.8 Å². The number of sulfone groups is 1. The molecule has 0 N–H and O–H groups in total. The van der Waals surface area contributed by atoms with Gasteiger partial charge in [0, 0.05) is 12.1 Å². The van der Waals surface area contributed by atoms with Crippen LogP contribution in [0.2, 0.25) is 0 Å². The molecule has 0 bridgehead atoms. The lowest BCUT2D eigenvalue weighted by Crippen LogP contribution is -2.18. The molecule has 0 aliphatic heterocycles. The van der Waals surface area contributed by atoms with Crippen molar-refractivity contribution in [1.29, 1.82) is 0 Å². The predicted octanol–water partition coefficient (Wildman–Crippen LogP) is 1.74. The molecule has 1 aromatic heterocycles. The summed E-state index contributed by atoms with van der Waals surface area (Å²) < 4.78 is 24.0. The smallest absolute Gasteiger partial charge is 0.197 e. The Morgan fingerprint density at radius 2 is 2.06 bits per heavy atom. The van der Waals surface area contributed by atoms with Crippen LogP contribution in [0.5, 0.6) is 0 Å². The van der Waals surface area contributed by atoms with Crippen LogP contribution in [-0.2, 0) is 9.84 Å². The molecule has 1 atom stereocenters. The number of aryl methyl sites for hydroxylation is 2. The average Bonchev–Trinajstić information content (AvgIpc) is 2.20. The number of hydrogen-bond acceptors (Lipinski definition) is 4. The van der Waals surface area contributed by atoms with Gasteiger partial charge in [-0.15, -0.1) is 11.6 Å². The van der Waals surface area contributed by atoms with Gasteiger partial charge in [0.1, 0.15) is 0 Å². The van der Waals surface area contributed by atoms with E-state index >= 15 is 0 Å². The quantitative estimate of drug-likeness (QED) is 0.776. The van der Waals surface area contributed by atoms with E-state index in [1.54, 1.807) is 27.0 Å². The van der Waals surface area contributed by atoms with Gasteiger partial charge in [-0.3, -0.25) is 4.98 Å². The Hall–Kier alpha value is -0.680. The van der Waals surface area contributed by atoms with Gasteiger partial charge in [0.2, 0.25) is 0 Å². The van der Waals surface area contributed by atoms with Crippen LogP contribution in [0.1, 0.15) is 18.3 Å². The fourth-order valence-electron chi connectivity index (χ4n) is 1.31. The molecule has 0 aromatic carbocycles. The second kappa shape index (κ2) is 5.10. The second-order valence-corrected chi connectivity index (χ2v) is 6.20. The summed E-state index contributed by atoms with van der Waals surface area (Å²) in [4.78, 5) is 8.04. The molecule has 1 aromatic rings. The molecule has 0 saturated carbocycles. The Labute approximate surface area is 101 Å². The molecule has 16 heavy (non-hydrogen) atoms. The van der Waals surface area contributed by atoms with E-state index in [4.69, 9.17) is 11.6 Å². The Morgan fingerprint density at radius 1 is 1.44 bits per heavy atom. The molecule has 4 nitrogen and oxygen atoms in total. The Bertz CT molecular complexity index is 474. The summed E-state index contributed by atoms with van der Waals surface area (Å²) in [6.45, 7) is 5.16. The molecule has 1 rings (SSSR count). The highest BCUT2D eigenvalue weighted by Gasteiger charge is 2.22. The minimum absolute atomic E-state index is 0.00940. The van der Waals surface area contributed by atoms with Crippen LogP contribution in [0.4, 0.5) is 0 Å². The van der Waals surface area contributed by atoms with Crippen LogP contribution in [0, 0.1) is 19.8 Å². The first-order chi connectivity index (χ1) is 7.36. The topological polar surface area (TPSA) is 59.9 Å². The molecule has 6 heteroatoms. The maximum absolute atomic E-state index is 12.0. The Morgan fingerprint density at radius 3 is 2.62 bits per heavy atom. The van der Waals surface area contributed by atoms with E-state index in [-0.39, 0.29) is 16.7 Å². The van der Waals surface area contributed by atoms with E-state index in [0.29, 0.717) is 17.3 Å². The van der Waals surface area contributed by atoms with Crippen molar-refractivity contribution in [3.05, 3.63) is 17.6 Å². The zero-order chi connectivity index (χ0) is 12.3. The molecule has 1 unspecified atom stereocenters. The first-order valence-electron chi connectivity index (χ1n) is 4.95. The van der Waals surface area contributed by atoms with Gasteiger partial charge in [-0.2, -0.15) is 0 Å². The van der Waals surface area contributed by atoms with Crippen molar-refractivity contribution in [3.63, 3.8) is 0 Å². The highest BCUT2D eigenvalue weighted by atomic mass is 35.5. The predicted molar refractivity (Wildman–Crippen MR) is 63.4 cm³/mol. The lowest BCUT2D eigenvalue weighted by Gasteiger charge is -2.10. The highest BCUT2D eigenvalue weighted by molar-refractivity contribution is 7.91. The van der Waals surface area contributed by atoms with Gasteiger partial charge in [0.15, 0.2) is 14.9 Å². The van der Waals surface area contributed by atoms with Crippen molar-refractivity contribution >= 4 is 21.4 Å². The lowest BCUT2D eigenvalue weighted by molar-refractivity contribution is 0.577. The van der Waals surface area contributed by atoms with Crippen molar-refractivity contribution < 1.29 is 8.42 Å². The third-order valence-corrected chi connectivity index (χ3v) is 4.60. The average molecular weight is 263 g/mol. The van der Waals surface area contributed by atoms with Gasteiger partial charge < -0.3 is 0 Å². The summed E-state index contributed by atoms with van der Waals surface area (Å²) in [6, 6.07) is 0. The van der Waals surface area contributed by atoms with E-state index in [2.05, 4.69) is 9.97 Å². The number of halogens is 1. The summed E-state index contributed by atoms with van der Waals surface area (Å²) in [6.07, 6.45) is 1.55. The molecule has 90 valence electrons. The highest BCUT2D eigenvalue weighted by Crippen LogP contribution is 2.15. The monoisotopic (exact) mass is 262 g/mol. The van der Waals surface area contributed by atoms with Gasteiger partial charge in [0.25, 0.3) is 0 Å². The first-order valence-corrected chi connectivity index (χ1v) is 7.14. The van der Waals surface area contributed by atoms with Gasteiger partial charge >= 0.3 is 0 Å². The van der Waals surface area contributed by atoms with Crippen LogP contribution in [0.15, 0.2) is 11.2 Å². The van der Waals surface area contributed by atoms with Crippen molar-refractivity contribution in [2.24, 2.45) is 5.92 Å². The molecule has 0 radical (unpaired) electrons. The van der Waals surface area contributed by atoms with Crippen molar-refractivity contribution in [2.75, 3.05) is 11.6 Å². The van der Waals surface area contributed by atoms with E-state index in [1.165, 1.54) is 0 Å². The normalized spacial score (nSPS) is 13.8. The molecular formula is C10H15ClN2O2S. The maximum Gasteiger partial charge on any atom is 0.197 e. The molecule has 0 aliphatic carbocycles. The van der Waals surface area contributed by atoms with E-state index in [9.17, 15) is 8.42 Å². The Balaban J connectivity index is 3.12. The standard InChI is InChI=1S/C10H15ClN2O2S/c1-7(4-11)6-16(14,15)10-9(3)12-5-8(2)13-10/h5,7H,4,6H2,1-3H3. The summed E-state index contributed by atoms with van der Waals surface area (Å²) in [7, 11) is -3.38. The zero-order valence-corrected chi connectivity index (χ0v) is 11.1. The largest absolute Gasteiger partial charge is 0.257 e. The van der Waals surface area contributed by atoms with Crippen LogP contribution in [-0.4, -0.2) is 30.0 Å². The number of rotatable bonds is 4. The maximum atomic E-state index is 12.0. The molecule has 1 heterocycles. The number of aromatic nitrogens is 2. The van der Waals surface area contributed by atoms with Crippen LogP contribution in [0.3, 0.4) is 0 Å². The first kappa shape index (κ1) is 13.4. The summed E-state index contributed by atoms with van der Waals surface area (Å²) >= 11 is 5.62. The lowest BCUT2D eigenvalue weighted by atomic mass is 10.3. The van der Waals surface area contributed by atoms with Crippen molar-refractivity contribution in [3.8, 4) is 0 Å². The van der Waals surface area contributed by atoms with E-state index in [1.807, 2.05) is 0 Å². The van der Waals surface area contributed by atoms with Crippen molar-refractivity contribution in [2.45, 2.75) is 25.8 Å². The number of nitrogens with zero attached hydrogens (tertiary/aromatic N) is 2. The Kier molecular flexibility index (Phi) is 4.27. The molecule has 0 amide bonds. The van der Waals surface area contributed by atoms with Crippen molar-refractivity contribution in [1.82, 2.24) is 9.97 Å². The summed E-state index contributed by atoms with van der Waals surface area (Å²) in [5.41, 5.74) is 1.04. The number of hydrogen-bond donors (Lipinski definition) is 0. The summed E-state index contributed by atoms with van der Waals surface area (Å²) in [5, 5.41) is 0.0736. The van der Waals surface area contributed by atoms with Crippen LogP contribution < -0.4 is 0 Å². The SMILES string of the molecule is Cc1cnc(C)c(S(=O)(=O)CC(C)CCl)n1. The minimum Gasteiger partial charge on any atom is -0.257 e. The minimum atomic E-state index is -3.38. The van der Waals surface area contributed by atoms with Crippen LogP contribution in [0.25, 0.3) is 0 Å². The molecular weight excluding hydrogens is 248 g/mol. The zero-order valence-electron chi connectivity index (χ0n) is 9.57. The van der Waals surface area contributed by atoms with Gasteiger partial charge in [0.05, 0.1) is 17.1 Å². The van der Waals surface area contributed by atoms with E-state index < -0.39 is 9.84 Å². The van der Waals surface area contributed by atoms with Crippen LogP contribution >= 0.6 is 11.6 Å². The fourth-order valence-corrected chi connectivity index (χ4v) is 3.36. The number of alkyl halides is 1. The third kappa shape index (κ3) is 3.15. The van der Waals surface area contributed by atoms with E-state index in [0.717, 1.165) is 0 Å². The third-order valence-electron chi connectivity index (χ3n) is 2.09. The molecule has 0 saturated heterocycles. The summed E-state index contributed by atoms with van der Waals surface area (Å²) in [5.74, 6) is 0.237. The van der Waals surface area contributed by atoms with Gasteiger partial charge in [-0.1, -0.05) is 6.92 Å².